The summed E-state index contributed by atoms with van der Waals surface area (Å²) >= 11 is 5.92. The molecule has 106 valence electrons. The van der Waals surface area contributed by atoms with Gasteiger partial charge in [-0.1, -0.05) is 0 Å². The van der Waals surface area contributed by atoms with Gasteiger partial charge in [-0.05, 0) is 43.6 Å². The summed E-state index contributed by atoms with van der Waals surface area (Å²) < 4.78 is 1.55. The maximum absolute atomic E-state index is 5.92. The SMILES string of the molecule is Clc1nc(NCCN2CCCC2)nc(-n2cccn2)n1. The van der Waals surface area contributed by atoms with Crippen LogP contribution in [0.5, 0.6) is 0 Å². The Labute approximate surface area is 122 Å². The van der Waals surface area contributed by atoms with E-state index in [4.69, 9.17) is 11.6 Å². The predicted molar refractivity (Wildman–Crippen MR) is 76.1 cm³/mol. The molecule has 1 N–H and O–H groups in total. The van der Waals surface area contributed by atoms with Gasteiger partial charge >= 0.3 is 0 Å². The smallest absolute Gasteiger partial charge is 0.256 e. The number of nitrogens with one attached hydrogen (secondary N) is 1. The van der Waals surface area contributed by atoms with Crippen LogP contribution in [0.4, 0.5) is 5.95 Å². The molecule has 0 spiro atoms. The molecule has 1 fully saturated rings. The van der Waals surface area contributed by atoms with E-state index in [9.17, 15) is 0 Å². The van der Waals surface area contributed by atoms with Crippen LogP contribution in [-0.4, -0.2) is 55.8 Å². The molecule has 0 aromatic carbocycles. The molecule has 7 nitrogen and oxygen atoms in total. The van der Waals surface area contributed by atoms with Crippen molar-refractivity contribution in [2.24, 2.45) is 0 Å². The Kier molecular flexibility index (Phi) is 4.08. The topological polar surface area (TPSA) is 71.8 Å². The van der Waals surface area contributed by atoms with Crippen molar-refractivity contribution < 1.29 is 0 Å². The van der Waals surface area contributed by atoms with Gasteiger partial charge in [0.1, 0.15) is 0 Å². The Morgan fingerprint density at radius 2 is 2.05 bits per heavy atom. The van der Waals surface area contributed by atoms with Gasteiger partial charge < -0.3 is 10.2 Å². The Bertz CT molecular complexity index is 551. The van der Waals surface area contributed by atoms with Gasteiger partial charge in [0.2, 0.25) is 11.2 Å². The average molecular weight is 294 g/mol. The first-order chi connectivity index (χ1) is 9.81. The minimum atomic E-state index is 0.161. The summed E-state index contributed by atoms with van der Waals surface area (Å²) in [6.45, 7) is 4.13. The molecule has 1 aliphatic heterocycles. The van der Waals surface area contributed by atoms with Crippen molar-refractivity contribution in [3.8, 4) is 5.95 Å². The molecule has 0 unspecified atom stereocenters. The van der Waals surface area contributed by atoms with E-state index in [0.717, 1.165) is 13.1 Å². The van der Waals surface area contributed by atoms with Crippen LogP contribution in [0.1, 0.15) is 12.8 Å². The second-order valence-electron chi connectivity index (χ2n) is 4.65. The molecule has 2 aromatic heterocycles. The molecule has 3 heterocycles. The molecule has 1 saturated heterocycles. The van der Waals surface area contributed by atoms with Crippen LogP contribution >= 0.6 is 11.6 Å². The fourth-order valence-electron chi connectivity index (χ4n) is 2.24. The van der Waals surface area contributed by atoms with Crippen molar-refractivity contribution >= 4 is 17.5 Å². The van der Waals surface area contributed by atoms with E-state index in [-0.39, 0.29) is 5.28 Å². The van der Waals surface area contributed by atoms with Crippen LogP contribution in [0, 0.1) is 0 Å². The van der Waals surface area contributed by atoms with Gasteiger partial charge in [0.25, 0.3) is 5.95 Å². The molecule has 8 heteroatoms. The lowest BCUT2D eigenvalue weighted by Crippen LogP contribution is -2.26. The molecule has 0 radical (unpaired) electrons. The van der Waals surface area contributed by atoms with Crippen LogP contribution in [0.2, 0.25) is 5.28 Å². The summed E-state index contributed by atoms with van der Waals surface area (Å²) in [4.78, 5) is 14.9. The maximum atomic E-state index is 5.92. The first-order valence-electron chi connectivity index (χ1n) is 6.69. The number of rotatable bonds is 5. The highest BCUT2D eigenvalue weighted by atomic mass is 35.5. The standard InChI is InChI=1S/C12H16ClN7/c13-10-16-11(14-5-9-19-6-1-2-7-19)18-12(17-10)20-8-3-4-15-20/h3-4,8H,1-2,5-7,9H2,(H,14,16,17,18). The van der Waals surface area contributed by atoms with E-state index >= 15 is 0 Å². The fourth-order valence-corrected chi connectivity index (χ4v) is 2.40. The zero-order valence-electron chi connectivity index (χ0n) is 11.0. The van der Waals surface area contributed by atoms with Crippen molar-refractivity contribution in [3.63, 3.8) is 0 Å². The average Bonchev–Trinajstić information content (AvgIpc) is 3.11. The number of hydrogen-bond donors (Lipinski definition) is 1. The largest absolute Gasteiger partial charge is 0.353 e. The number of aromatic nitrogens is 5. The summed E-state index contributed by atoms with van der Waals surface area (Å²) in [5.74, 6) is 0.897. The highest BCUT2D eigenvalue weighted by molar-refractivity contribution is 6.28. The van der Waals surface area contributed by atoms with Crippen molar-refractivity contribution in [2.45, 2.75) is 12.8 Å². The monoisotopic (exact) mass is 293 g/mol. The maximum Gasteiger partial charge on any atom is 0.256 e. The van der Waals surface area contributed by atoms with E-state index < -0.39 is 0 Å². The molecular formula is C12H16ClN7. The summed E-state index contributed by atoms with van der Waals surface area (Å²) in [5.41, 5.74) is 0. The zero-order chi connectivity index (χ0) is 13.8. The van der Waals surface area contributed by atoms with Gasteiger partial charge in [-0.2, -0.15) is 20.1 Å². The second kappa shape index (κ2) is 6.15. The summed E-state index contributed by atoms with van der Waals surface area (Å²) in [6, 6.07) is 1.80. The van der Waals surface area contributed by atoms with Crippen LogP contribution in [-0.2, 0) is 0 Å². The first kappa shape index (κ1) is 13.3. The quantitative estimate of drug-likeness (QED) is 0.894. The Hall–Kier alpha value is -1.73. The number of hydrogen-bond acceptors (Lipinski definition) is 6. The van der Waals surface area contributed by atoms with Crippen molar-refractivity contribution in [1.82, 2.24) is 29.6 Å². The van der Waals surface area contributed by atoms with Crippen LogP contribution in [0.15, 0.2) is 18.5 Å². The van der Waals surface area contributed by atoms with Gasteiger partial charge in [0.15, 0.2) is 0 Å². The second-order valence-corrected chi connectivity index (χ2v) is 4.99. The molecule has 0 atom stereocenters. The normalized spacial score (nSPS) is 15.7. The molecule has 0 aliphatic carbocycles. The molecule has 3 rings (SSSR count). The van der Waals surface area contributed by atoms with Gasteiger partial charge in [-0.25, -0.2) is 4.68 Å². The minimum absolute atomic E-state index is 0.161. The molecule has 0 bridgehead atoms. The van der Waals surface area contributed by atoms with E-state index in [1.165, 1.54) is 25.9 Å². The number of nitrogens with zero attached hydrogens (tertiary/aromatic N) is 6. The summed E-state index contributed by atoms with van der Waals surface area (Å²) in [7, 11) is 0. The third-order valence-electron chi connectivity index (χ3n) is 3.22. The van der Waals surface area contributed by atoms with Gasteiger partial charge in [0, 0.05) is 25.5 Å². The molecule has 0 saturated carbocycles. The molecule has 20 heavy (non-hydrogen) atoms. The molecule has 1 aliphatic rings. The Balaban J connectivity index is 1.63. The highest BCUT2D eigenvalue weighted by Gasteiger charge is 2.11. The van der Waals surface area contributed by atoms with Crippen LogP contribution in [0.3, 0.4) is 0 Å². The molecular weight excluding hydrogens is 278 g/mol. The lowest BCUT2D eigenvalue weighted by Gasteiger charge is -2.14. The fraction of sp³-hybridized carbons (Fsp3) is 0.500. The van der Waals surface area contributed by atoms with Crippen molar-refractivity contribution in [1.29, 1.82) is 0 Å². The number of anilines is 1. The van der Waals surface area contributed by atoms with E-state index in [0.29, 0.717) is 11.9 Å². The Morgan fingerprint density at radius 3 is 2.80 bits per heavy atom. The van der Waals surface area contributed by atoms with E-state index in [2.05, 4.69) is 30.3 Å². The number of halogens is 1. The van der Waals surface area contributed by atoms with Gasteiger partial charge in [-0.15, -0.1) is 0 Å². The minimum Gasteiger partial charge on any atom is -0.353 e. The number of likely N-dealkylation sites (tertiary alicyclic amines) is 1. The van der Waals surface area contributed by atoms with Crippen LogP contribution < -0.4 is 5.32 Å². The first-order valence-corrected chi connectivity index (χ1v) is 7.07. The lowest BCUT2D eigenvalue weighted by atomic mass is 10.4. The molecule has 0 amide bonds. The summed E-state index contributed by atoms with van der Waals surface area (Å²) in [6.07, 6.45) is 6.01. The van der Waals surface area contributed by atoms with E-state index in [1.54, 1.807) is 23.1 Å². The van der Waals surface area contributed by atoms with Crippen molar-refractivity contribution in [3.05, 3.63) is 23.7 Å². The summed E-state index contributed by atoms with van der Waals surface area (Å²) in [5, 5.41) is 7.43. The van der Waals surface area contributed by atoms with E-state index in [1.807, 2.05) is 0 Å². The highest BCUT2D eigenvalue weighted by Crippen LogP contribution is 2.09. The van der Waals surface area contributed by atoms with Crippen molar-refractivity contribution in [2.75, 3.05) is 31.5 Å². The Morgan fingerprint density at radius 1 is 1.20 bits per heavy atom. The predicted octanol–water partition coefficient (Wildman–Crippen LogP) is 1.22. The third-order valence-corrected chi connectivity index (χ3v) is 3.38. The third kappa shape index (κ3) is 3.23. The van der Waals surface area contributed by atoms with Gasteiger partial charge in [0.05, 0.1) is 0 Å². The van der Waals surface area contributed by atoms with Gasteiger partial charge in [-0.3, -0.25) is 0 Å². The molecule has 2 aromatic rings. The van der Waals surface area contributed by atoms with Crippen LogP contribution in [0.25, 0.3) is 5.95 Å². The lowest BCUT2D eigenvalue weighted by molar-refractivity contribution is 0.352. The zero-order valence-corrected chi connectivity index (χ0v) is 11.8.